The first-order valence-corrected chi connectivity index (χ1v) is 8.25. The standard InChI is InChI=1S/C16H21BrO3/c17-13-7-11-4-6-20-16(11)12(8-13)9-14(18)10-15-3-1-2-5-19-15/h7-8,14-15,18H,1-6,9-10H2. The molecule has 110 valence electrons. The van der Waals surface area contributed by atoms with E-state index in [1.54, 1.807) is 0 Å². The van der Waals surface area contributed by atoms with Crippen molar-refractivity contribution in [2.75, 3.05) is 13.2 Å². The number of aliphatic hydroxyl groups is 1. The molecule has 2 unspecified atom stereocenters. The van der Waals surface area contributed by atoms with E-state index in [1.165, 1.54) is 12.0 Å². The van der Waals surface area contributed by atoms with Crippen molar-refractivity contribution in [2.45, 2.75) is 50.7 Å². The summed E-state index contributed by atoms with van der Waals surface area (Å²) in [5.41, 5.74) is 2.35. The van der Waals surface area contributed by atoms with E-state index in [9.17, 15) is 5.11 Å². The van der Waals surface area contributed by atoms with E-state index in [2.05, 4.69) is 28.1 Å². The Morgan fingerprint density at radius 2 is 2.20 bits per heavy atom. The van der Waals surface area contributed by atoms with Crippen LogP contribution in [0.5, 0.6) is 5.75 Å². The molecule has 1 fully saturated rings. The van der Waals surface area contributed by atoms with Crippen molar-refractivity contribution in [1.29, 1.82) is 0 Å². The smallest absolute Gasteiger partial charge is 0.125 e. The van der Waals surface area contributed by atoms with Crippen molar-refractivity contribution in [3.05, 3.63) is 27.7 Å². The molecule has 2 heterocycles. The summed E-state index contributed by atoms with van der Waals surface area (Å²) in [7, 11) is 0. The third-order valence-corrected chi connectivity index (χ3v) is 4.55. The molecule has 1 saturated heterocycles. The van der Waals surface area contributed by atoms with Crippen LogP contribution in [-0.2, 0) is 17.6 Å². The van der Waals surface area contributed by atoms with Gasteiger partial charge in [0.25, 0.3) is 0 Å². The number of halogens is 1. The predicted molar refractivity (Wildman–Crippen MR) is 81.3 cm³/mol. The van der Waals surface area contributed by atoms with Crippen molar-refractivity contribution >= 4 is 15.9 Å². The third kappa shape index (κ3) is 3.35. The number of aliphatic hydroxyl groups excluding tert-OH is 1. The van der Waals surface area contributed by atoms with Gasteiger partial charge in [-0.2, -0.15) is 0 Å². The number of rotatable bonds is 4. The van der Waals surface area contributed by atoms with Gasteiger partial charge in [0.15, 0.2) is 0 Å². The molecule has 1 aromatic carbocycles. The number of hydrogen-bond donors (Lipinski definition) is 1. The first-order chi connectivity index (χ1) is 9.72. The average molecular weight is 341 g/mol. The van der Waals surface area contributed by atoms with E-state index < -0.39 is 0 Å². The van der Waals surface area contributed by atoms with Crippen LogP contribution < -0.4 is 4.74 Å². The molecule has 1 aromatic rings. The van der Waals surface area contributed by atoms with Gasteiger partial charge >= 0.3 is 0 Å². The van der Waals surface area contributed by atoms with Crippen LogP contribution in [0.4, 0.5) is 0 Å². The Bertz CT molecular complexity index is 469. The minimum Gasteiger partial charge on any atom is -0.493 e. The summed E-state index contributed by atoms with van der Waals surface area (Å²) in [6, 6.07) is 4.18. The number of fused-ring (bicyclic) bond motifs is 1. The normalized spacial score (nSPS) is 23.2. The molecule has 0 amide bonds. The van der Waals surface area contributed by atoms with E-state index in [0.29, 0.717) is 6.42 Å². The van der Waals surface area contributed by atoms with E-state index in [1.807, 2.05) is 0 Å². The van der Waals surface area contributed by atoms with Crippen molar-refractivity contribution in [2.24, 2.45) is 0 Å². The monoisotopic (exact) mass is 340 g/mol. The van der Waals surface area contributed by atoms with Gasteiger partial charge in [-0.15, -0.1) is 0 Å². The van der Waals surface area contributed by atoms with Crippen molar-refractivity contribution in [3.8, 4) is 5.75 Å². The fourth-order valence-electron chi connectivity index (χ4n) is 3.13. The number of benzene rings is 1. The van der Waals surface area contributed by atoms with E-state index >= 15 is 0 Å². The molecule has 2 aliphatic rings. The van der Waals surface area contributed by atoms with Crippen LogP contribution in [0.3, 0.4) is 0 Å². The zero-order valence-corrected chi connectivity index (χ0v) is 13.2. The Morgan fingerprint density at radius 1 is 1.30 bits per heavy atom. The molecule has 4 heteroatoms. The maximum absolute atomic E-state index is 10.3. The fourth-order valence-corrected chi connectivity index (χ4v) is 3.68. The molecule has 2 aliphatic heterocycles. The third-order valence-electron chi connectivity index (χ3n) is 4.09. The molecule has 0 spiro atoms. The second-order valence-electron chi connectivity index (χ2n) is 5.73. The SMILES string of the molecule is OC(Cc1cc(Br)cc2c1OCC2)CC1CCCCO1. The Kier molecular flexibility index (Phi) is 4.64. The predicted octanol–water partition coefficient (Wildman–Crippen LogP) is 3.25. The molecular weight excluding hydrogens is 320 g/mol. The highest BCUT2D eigenvalue weighted by molar-refractivity contribution is 9.10. The van der Waals surface area contributed by atoms with Crippen LogP contribution in [0.1, 0.15) is 36.8 Å². The Labute approximate surface area is 128 Å². The zero-order valence-electron chi connectivity index (χ0n) is 11.6. The van der Waals surface area contributed by atoms with Gasteiger partial charge in [0, 0.05) is 23.9 Å². The van der Waals surface area contributed by atoms with E-state index in [4.69, 9.17) is 9.47 Å². The van der Waals surface area contributed by atoms with E-state index in [0.717, 1.165) is 54.7 Å². The van der Waals surface area contributed by atoms with Gasteiger partial charge in [0.2, 0.25) is 0 Å². The first-order valence-electron chi connectivity index (χ1n) is 7.46. The van der Waals surface area contributed by atoms with Crippen LogP contribution in [0.25, 0.3) is 0 Å². The maximum Gasteiger partial charge on any atom is 0.125 e. The molecule has 0 aliphatic carbocycles. The number of hydrogen-bond acceptors (Lipinski definition) is 3. The summed E-state index contributed by atoms with van der Waals surface area (Å²) in [5.74, 6) is 0.983. The fraction of sp³-hybridized carbons (Fsp3) is 0.625. The largest absolute Gasteiger partial charge is 0.493 e. The maximum atomic E-state index is 10.3. The lowest BCUT2D eigenvalue weighted by atomic mass is 9.97. The summed E-state index contributed by atoms with van der Waals surface area (Å²) in [5, 5.41) is 10.3. The molecule has 3 rings (SSSR count). The minimum absolute atomic E-state index is 0.222. The molecule has 3 nitrogen and oxygen atoms in total. The van der Waals surface area contributed by atoms with Gasteiger partial charge < -0.3 is 14.6 Å². The highest BCUT2D eigenvalue weighted by Crippen LogP contribution is 2.34. The van der Waals surface area contributed by atoms with E-state index in [-0.39, 0.29) is 12.2 Å². The molecule has 0 saturated carbocycles. The van der Waals surface area contributed by atoms with Crippen LogP contribution in [0.2, 0.25) is 0 Å². The van der Waals surface area contributed by atoms with Gasteiger partial charge in [0.05, 0.1) is 18.8 Å². The number of ether oxygens (including phenoxy) is 2. The van der Waals surface area contributed by atoms with Crippen LogP contribution in [0.15, 0.2) is 16.6 Å². The van der Waals surface area contributed by atoms with Gasteiger partial charge in [-0.1, -0.05) is 15.9 Å². The summed E-state index contributed by atoms with van der Waals surface area (Å²) in [4.78, 5) is 0. The van der Waals surface area contributed by atoms with Crippen LogP contribution in [0, 0.1) is 0 Å². The average Bonchev–Trinajstić information content (AvgIpc) is 2.88. The molecule has 0 radical (unpaired) electrons. The molecule has 0 bridgehead atoms. The summed E-state index contributed by atoms with van der Waals surface area (Å²) < 4.78 is 12.5. The van der Waals surface area contributed by atoms with Crippen LogP contribution in [-0.4, -0.2) is 30.5 Å². The van der Waals surface area contributed by atoms with Crippen molar-refractivity contribution in [1.82, 2.24) is 0 Å². The van der Waals surface area contributed by atoms with Crippen molar-refractivity contribution in [3.63, 3.8) is 0 Å². The van der Waals surface area contributed by atoms with Crippen molar-refractivity contribution < 1.29 is 14.6 Å². The molecule has 0 aromatic heterocycles. The lowest BCUT2D eigenvalue weighted by Crippen LogP contribution is -2.25. The van der Waals surface area contributed by atoms with Gasteiger partial charge in [-0.3, -0.25) is 0 Å². The first kappa shape index (κ1) is 14.4. The minimum atomic E-state index is -0.360. The summed E-state index contributed by atoms with van der Waals surface area (Å²) in [6.07, 6.45) is 5.63. The lowest BCUT2D eigenvalue weighted by Gasteiger charge is -2.25. The Morgan fingerprint density at radius 3 is 3.00 bits per heavy atom. The quantitative estimate of drug-likeness (QED) is 0.914. The molecule has 2 atom stereocenters. The highest BCUT2D eigenvalue weighted by atomic mass is 79.9. The van der Waals surface area contributed by atoms with Gasteiger partial charge in [-0.25, -0.2) is 0 Å². The highest BCUT2D eigenvalue weighted by Gasteiger charge is 2.22. The second kappa shape index (κ2) is 6.46. The van der Waals surface area contributed by atoms with Gasteiger partial charge in [0.1, 0.15) is 5.75 Å². The summed E-state index contributed by atoms with van der Waals surface area (Å²) in [6.45, 7) is 1.59. The molecule has 20 heavy (non-hydrogen) atoms. The molecular formula is C16H21BrO3. The van der Waals surface area contributed by atoms with Gasteiger partial charge in [-0.05, 0) is 48.9 Å². The Hall–Kier alpha value is -0.580. The Balaban J connectivity index is 1.65. The summed E-state index contributed by atoms with van der Waals surface area (Å²) >= 11 is 3.54. The van der Waals surface area contributed by atoms with Crippen LogP contribution >= 0.6 is 15.9 Å². The second-order valence-corrected chi connectivity index (χ2v) is 6.65. The topological polar surface area (TPSA) is 38.7 Å². The molecule has 1 N–H and O–H groups in total. The zero-order chi connectivity index (χ0) is 13.9. The lowest BCUT2D eigenvalue weighted by molar-refractivity contribution is -0.0148.